The zero-order valence-electron chi connectivity index (χ0n) is 12.1. The van der Waals surface area contributed by atoms with Crippen molar-refractivity contribution < 1.29 is 9.59 Å². The van der Waals surface area contributed by atoms with Crippen molar-refractivity contribution in [3.05, 3.63) is 50.1 Å². The van der Waals surface area contributed by atoms with Crippen molar-refractivity contribution in [1.29, 1.82) is 0 Å². The quantitative estimate of drug-likeness (QED) is 0.613. The van der Waals surface area contributed by atoms with Gasteiger partial charge in [-0.3, -0.25) is 19.7 Å². The lowest BCUT2D eigenvalue weighted by atomic mass is 9.86. The van der Waals surface area contributed by atoms with Crippen LogP contribution >= 0.6 is 0 Å². The molecule has 4 rings (SSSR count). The number of H-pyrrole nitrogens is 1. The van der Waals surface area contributed by atoms with Crippen LogP contribution in [-0.2, 0) is 0 Å². The van der Waals surface area contributed by atoms with Gasteiger partial charge in [0.1, 0.15) is 0 Å². The Kier molecular flexibility index (Phi) is 2.22. The molecule has 0 saturated carbocycles. The van der Waals surface area contributed by atoms with E-state index in [1.807, 2.05) is 13.0 Å². The van der Waals surface area contributed by atoms with Crippen LogP contribution in [0.3, 0.4) is 0 Å². The molecule has 0 saturated heterocycles. The summed E-state index contributed by atoms with van der Waals surface area (Å²) < 4.78 is 0. The van der Waals surface area contributed by atoms with Crippen LogP contribution in [0, 0.1) is 13.8 Å². The molecule has 22 heavy (non-hydrogen) atoms. The molecule has 0 bridgehead atoms. The zero-order chi connectivity index (χ0) is 15.8. The predicted octanol–water partition coefficient (Wildman–Crippen LogP) is 1.31. The number of hydrogen-bond donors (Lipinski definition) is 2. The van der Waals surface area contributed by atoms with E-state index in [0.717, 1.165) is 10.9 Å². The summed E-state index contributed by atoms with van der Waals surface area (Å²) in [5.41, 5.74) is 2.08. The molecule has 2 heterocycles. The minimum Gasteiger partial charge on any atom is -0.322 e. The number of aromatic nitrogens is 1. The van der Waals surface area contributed by atoms with E-state index in [0.29, 0.717) is 38.2 Å². The lowest BCUT2D eigenvalue weighted by Gasteiger charge is -2.21. The lowest BCUT2D eigenvalue weighted by molar-refractivity contribution is 0.0844. The van der Waals surface area contributed by atoms with Crippen LogP contribution in [0.25, 0.3) is 28.1 Å². The van der Waals surface area contributed by atoms with Crippen LogP contribution in [0.15, 0.2) is 16.9 Å². The molecule has 0 aliphatic carbocycles. The molecular weight excluding hydrogens is 280 g/mol. The zero-order valence-corrected chi connectivity index (χ0v) is 12.1. The Balaban J connectivity index is 2.51. The Morgan fingerprint density at radius 3 is 2.36 bits per heavy atom. The molecule has 0 unspecified atom stereocenters. The van der Waals surface area contributed by atoms with Gasteiger partial charge in [0.15, 0.2) is 0 Å². The fraction of sp³-hybridized carbons (Fsp3) is 0.118. The Morgan fingerprint density at radius 2 is 1.64 bits per heavy atom. The van der Waals surface area contributed by atoms with E-state index in [-0.39, 0.29) is 5.56 Å². The van der Waals surface area contributed by atoms with E-state index in [9.17, 15) is 14.4 Å². The largest absolute Gasteiger partial charge is 0.322 e. The molecule has 3 aromatic rings. The normalized spacial score (nSPS) is 13.9. The van der Waals surface area contributed by atoms with Crippen molar-refractivity contribution in [3.8, 4) is 0 Å². The summed E-state index contributed by atoms with van der Waals surface area (Å²) in [5.74, 6) is -0.853. The average Bonchev–Trinajstić information content (AvgIpc) is 2.43. The molecule has 2 amide bonds. The maximum Gasteiger partial charge on any atom is 0.259 e. The first-order valence-electron chi connectivity index (χ1n) is 6.87. The molecule has 0 atom stereocenters. The van der Waals surface area contributed by atoms with Gasteiger partial charge in [-0.05, 0) is 37.1 Å². The number of aromatic amines is 1. The number of imide groups is 1. The highest BCUT2D eigenvalue weighted by atomic mass is 16.2. The number of benzene rings is 2. The van der Waals surface area contributed by atoms with Crippen LogP contribution in [0.4, 0.5) is 0 Å². The summed E-state index contributed by atoms with van der Waals surface area (Å²) >= 11 is 0. The van der Waals surface area contributed by atoms with Gasteiger partial charge < -0.3 is 4.98 Å². The number of carbonyl (C=O) groups is 2. The molecule has 2 N–H and O–H groups in total. The van der Waals surface area contributed by atoms with Crippen molar-refractivity contribution in [2.75, 3.05) is 0 Å². The molecular formula is C17H12N2O3. The third-order valence-corrected chi connectivity index (χ3v) is 4.31. The SMILES string of the molecule is C=c1[nH]c(=O)c2c(C)cc3c4c(c(C)cc1c42)C(=O)NC3=O. The molecule has 0 radical (unpaired) electrons. The minimum absolute atomic E-state index is 0.255. The number of nitrogens with one attached hydrogen (secondary N) is 2. The van der Waals surface area contributed by atoms with Gasteiger partial charge in [0, 0.05) is 27.1 Å². The van der Waals surface area contributed by atoms with Crippen LogP contribution < -0.4 is 16.2 Å². The van der Waals surface area contributed by atoms with Gasteiger partial charge in [0.05, 0.1) is 10.9 Å². The highest BCUT2D eigenvalue weighted by Gasteiger charge is 2.29. The van der Waals surface area contributed by atoms with E-state index in [1.165, 1.54) is 0 Å². The summed E-state index contributed by atoms with van der Waals surface area (Å²) in [6.07, 6.45) is 0. The van der Waals surface area contributed by atoms with E-state index >= 15 is 0 Å². The number of rotatable bonds is 0. The number of amides is 2. The summed E-state index contributed by atoms with van der Waals surface area (Å²) in [7, 11) is 0. The molecule has 5 heteroatoms. The third kappa shape index (κ3) is 1.35. The van der Waals surface area contributed by atoms with Crippen LogP contribution in [0.1, 0.15) is 31.8 Å². The smallest absolute Gasteiger partial charge is 0.259 e. The summed E-state index contributed by atoms with van der Waals surface area (Å²) in [6.45, 7) is 7.48. The van der Waals surface area contributed by atoms with Crippen molar-refractivity contribution in [1.82, 2.24) is 10.3 Å². The Bertz CT molecular complexity index is 1140. The molecule has 1 aliphatic rings. The molecule has 0 fully saturated rings. The summed E-state index contributed by atoms with van der Waals surface area (Å²) in [6, 6.07) is 3.50. The van der Waals surface area contributed by atoms with E-state index in [4.69, 9.17) is 0 Å². The van der Waals surface area contributed by atoms with Crippen LogP contribution in [0.5, 0.6) is 0 Å². The van der Waals surface area contributed by atoms with Gasteiger partial charge in [-0.15, -0.1) is 0 Å². The summed E-state index contributed by atoms with van der Waals surface area (Å²) in [4.78, 5) is 39.5. The molecule has 2 aromatic carbocycles. The van der Waals surface area contributed by atoms with Crippen LogP contribution in [0.2, 0.25) is 0 Å². The molecule has 5 nitrogen and oxygen atoms in total. The monoisotopic (exact) mass is 292 g/mol. The average molecular weight is 292 g/mol. The maximum atomic E-state index is 12.3. The van der Waals surface area contributed by atoms with Gasteiger partial charge in [0.2, 0.25) is 0 Å². The summed E-state index contributed by atoms with van der Waals surface area (Å²) in [5, 5.41) is 5.32. The van der Waals surface area contributed by atoms with Gasteiger partial charge >= 0.3 is 0 Å². The van der Waals surface area contributed by atoms with Gasteiger partial charge in [-0.2, -0.15) is 0 Å². The topological polar surface area (TPSA) is 79.0 Å². The number of carbonyl (C=O) groups excluding carboxylic acids is 2. The minimum atomic E-state index is -0.430. The Labute approximate surface area is 124 Å². The van der Waals surface area contributed by atoms with Gasteiger partial charge in [-0.25, -0.2) is 0 Å². The second-order valence-electron chi connectivity index (χ2n) is 5.70. The van der Waals surface area contributed by atoms with E-state index in [1.54, 1.807) is 13.0 Å². The van der Waals surface area contributed by atoms with Gasteiger partial charge in [-0.1, -0.05) is 6.58 Å². The standard InChI is InChI=1S/C17H12N2O3/c1-6-4-9-8(3)18-16(21)11-7(2)5-10-14(13(9)11)12(6)17(22)19-15(10)20/h4-5H,3H2,1-2H3,(H,18,21)(H,19,20,22). The predicted molar refractivity (Wildman–Crippen MR) is 84.1 cm³/mol. The molecule has 108 valence electrons. The van der Waals surface area contributed by atoms with E-state index < -0.39 is 11.8 Å². The van der Waals surface area contributed by atoms with Crippen molar-refractivity contribution in [2.24, 2.45) is 0 Å². The fourth-order valence-electron chi connectivity index (χ4n) is 3.41. The molecule has 1 aliphatic heterocycles. The number of aryl methyl sites for hydroxylation is 2. The fourth-order valence-corrected chi connectivity index (χ4v) is 3.41. The first-order valence-corrected chi connectivity index (χ1v) is 6.87. The first kappa shape index (κ1) is 12.8. The lowest BCUT2D eigenvalue weighted by Crippen LogP contribution is -2.36. The second kappa shape index (κ2) is 3.82. The van der Waals surface area contributed by atoms with Crippen molar-refractivity contribution in [2.45, 2.75) is 13.8 Å². The van der Waals surface area contributed by atoms with Crippen LogP contribution in [-0.4, -0.2) is 16.8 Å². The second-order valence-corrected chi connectivity index (χ2v) is 5.70. The number of hydrogen-bond acceptors (Lipinski definition) is 3. The highest BCUT2D eigenvalue weighted by Crippen LogP contribution is 2.34. The third-order valence-electron chi connectivity index (χ3n) is 4.31. The molecule has 1 aromatic heterocycles. The molecule has 0 spiro atoms. The maximum absolute atomic E-state index is 12.3. The first-order chi connectivity index (χ1) is 10.4. The van der Waals surface area contributed by atoms with E-state index in [2.05, 4.69) is 16.9 Å². The van der Waals surface area contributed by atoms with Gasteiger partial charge in [0.25, 0.3) is 17.4 Å². The van der Waals surface area contributed by atoms with Crippen molar-refractivity contribution >= 4 is 39.9 Å². The van der Waals surface area contributed by atoms with Crippen molar-refractivity contribution in [3.63, 3.8) is 0 Å². The highest BCUT2D eigenvalue weighted by molar-refractivity contribution is 6.31. The number of pyridine rings is 1. The Morgan fingerprint density at radius 1 is 0.909 bits per heavy atom. The Hall–Kier alpha value is -2.95.